The highest BCUT2D eigenvalue weighted by atomic mass is 16.5. The van der Waals surface area contributed by atoms with Gasteiger partial charge < -0.3 is 19.9 Å². The molecular weight excluding hydrogens is 274 g/mol. The summed E-state index contributed by atoms with van der Waals surface area (Å²) in [6.45, 7) is 2.29. The molecule has 6 nitrogen and oxygen atoms in total. The Bertz CT molecular complexity index is 545. The molecule has 0 spiro atoms. The third kappa shape index (κ3) is 3.22. The summed E-state index contributed by atoms with van der Waals surface area (Å²) >= 11 is 0. The maximum Gasteiger partial charge on any atom is 0.313 e. The van der Waals surface area contributed by atoms with Crippen LogP contribution in [0.3, 0.4) is 0 Å². The number of hydrogen-bond acceptors (Lipinski definition) is 4. The second-order valence-electron chi connectivity index (χ2n) is 5.40. The van der Waals surface area contributed by atoms with Crippen LogP contribution in [0.5, 0.6) is 0 Å². The lowest BCUT2D eigenvalue weighted by Gasteiger charge is -2.25. The molecule has 2 N–H and O–H groups in total. The third-order valence-corrected chi connectivity index (χ3v) is 3.75. The zero-order chi connectivity index (χ0) is 15.5. The highest BCUT2D eigenvalue weighted by molar-refractivity contribution is 5.95. The highest BCUT2D eigenvalue weighted by Crippen LogP contribution is 2.29. The average Bonchev–Trinajstić information content (AvgIpc) is 2.82. The fourth-order valence-corrected chi connectivity index (χ4v) is 2.30. The molecule has 21 heavy (non-hydrogen) atoms. The maximum atomic E-state index is 12.3. The number of carboxylic acids is 1. The van der Waals surface area contributed by atoms with Gasteiger partial charge in [-0.05, 0) is 24.6 Å². The molecule has 1 fully saturated rings. The number of ether oxygens (including phenoxy) is 2. The number of rotatable bonds is 5. The Morgan fingerprint density at radius 3 is 2.95 bits per heavy atom. The number of hydrogen-bond donors (Lipinski definition) is 2. The topological polar surface area (TPSA) is 84.9 Å². The lowest BCUT2D eigenvalue weighted by atomic mass is 9.85. The predicted molar refractivity (Wildman–Crippen MR) is 75.0 cm³/mol. The van der Waals surface area contributed by atoms with Crippen LogP contribution in [0.2, 0.25) is 0 Å². The zero-order valence-electron chi connectivity index (χ0n) is 12.1. The largest absolute Gasteiger partial charge is 0.481 e. The first-order valence-corrected chi connectivity index (χ1v) is 6.67. The van der Waals surface area contributed by atoms with E-state index in [0.717, 1.165) is 5.56 Å². The Labute approximate surface area is 123 Å². The predicted octanol–water partition coefficient (Wildman–Crippen LogP) is 1.05. The number of carbonyl (C=O) groups is 2. The van der Waals surface area contributed by atoms with Crippen molar-refractivity contribution in [2.75, 3.05) is 20.3 Å². The minimum Gasteiger partial charge on any atom is -0.481 e. The third-order valence-electron chi connectivity index (χ3n) is 3.75. The van der Waals surface area contributed by atoms with Gasteiger partial charge in [0.15, 0.2) is 0 Å². The van der Waals surface area contributed by atoms with Crippen LogP contribution in [0.4, 0.5) is 0 Å². The first-order chi connectivity index (χ1) is 9.97. The van der Waals surface area contributed by atoms with Gasteiger partial charge in [-0.2, -0.15) is 0 Å². The Morgan fingerprint density at radius 2 is 2.29 bits per heavy atom. The Morgan fingerprint density at radius 1 is 1.52 bits per heavy atom. The number of benzene rings is 1. The zero-order valence-corrected chi connectivity index (χ0v) is 12.1. The van der Waals surface area contributed by atoms with E-state index < -0.39 is 17.4 Å². The molecule has 2 atom stereocenters. The molecule has 0 radical (unpaired) electrons. The number of carboxylic acid groups (broad SMARTS) is 1. The van der Waals surface area contributed by atoms with Gasteiger partial charge in [-0.3, -0.25) is 9.59 Å². The summed E-state index contributed by atoms with van der Waals surface area (Å²) in [5.41, 5.74) is 0.262. The van der Waals surface area contributed by atoms with Crippen LogP contribution in [-0.4, -0.2) is 43.3 Å². The SMILES string of the molecule is COCc1cccc(C(=O)NC2COCC2(C)C(=O)O)c1. The van der Waals surface area contributed by atoms with E-state index in [4.69, 9.17) is 9.47 Å². The number of carbonyl (C=O) groups excluding carboxylic acids is 1. The van der Waals surface area contributed by atoms with E-state index in [1.54, 1.807) is 32.2 Å². The molecule has 2 unspecified atom stereocenters. The molecule has 0 aromatic heterocycles. The summed E-state index contributed by atoms with van der Waals surface area (Å²) in [6.07, 6.45) is 0. The van der Waals surface area contributed by atoms with Crippen molar-refractivity contribution < 1.29 is 24.2 Å². The first kappa shape index (κ1) is 15.5. The van der Waals surface area contributed by atoms with Gasteiger partial charge >= 0.3 is 5.97 Å². The second-order valence-corrected chi connectivity index (χ2v) is 5.40. The van der Waals surface area contributed by atoms with Gasteiger partial charge in [-0.25, -0.2) is 0 Å². The van der Waals surface area contributed by atoms with Gasteiger partial charge in [0.05, 0.1) is 25.9 Å². The van der Waals surface area contributed by atoms with Crippen molar-refractivity contribution in [3.05, 3.63) is 35.4 Å². The summed E-state index contributed by atoms with van der Waals surface area (Å²) in [5, 5.41) is 12.0. The molecule has 0 bridgehead atoms. The summed E-state index contributed by atoms with van der Waals surface area (Å²) in [7, 11) is 1.58. The van der Waals surface area contributed by atoms with E-state index in [2.05, 4.69) is 5.32 Å². The summed E-state index contributed by atoms with van der Waals surface area (Å²) < 4.78 is 10.2. The van der Waals surface area contributed by atoms with Crippen molar-refractivity contribution in [2.24, 2.45) is 5.41 Å². The molecule has 114 valence electrons. The fourth-order valence-electron chi connectivity index (χ4n) is 2.30. The standard InChI is InChI=1S/C15H19NO5/c1-15(14(18)19)9-21-8-12(15)16-13(17)11-5-3-4-10(6-11)7-20-2/h3-6,12H,7-9H2,1-2H3,(H,16,17)(H,18,19). The second kappa shape index (κ2) is 6.24. The number of nitrogens with one attached hydrogen (secondary N) is 1. The molecule has 1 aromatic rings. The molecule has 2 rings (SSSR count). The first-order valence-electron chi connectivity index (χ1n) is 6.67. The van der Waals surface area contributed by atoms with Gasteiger partial charge in [-0.1, -0.05) is 12.1 Å². The summed E-state index contributed by atoms with van der Waals surface area (Å²) in [6, 6.07) is 6.49. The van der Waals surface area contributed by atoms with E-state index in [1.807, 2.05) is 6.07 Å². The molecule has 1 heterocycles. The van der Waals surface area contributed by atoms with Crippen LogP contribution in [-0.2, 0) is 20.9 Å². The minimum absolute atomic E-state index is 0.0942. The van der Waals surface area contributed by atoms with Crippen molar-refractivity contribution in [3.63, 3.8) is 0 Å². The molecule has 0 saturated carbocycles. The number of amides is 1. The van der Waals surface area contributed by atoms with Crippen LogP contribution in [0.15, 0.2) is 24.3 Å². The Hall–Kier alpha value is -1.92. The van der Waals surface area contributed by atoms with Crippen molar-refractivity contribution >= 4 is 11.9 Å². The van der Waals surface area contributed by atoms with Crippen LogP contribution >= 0.6 is 0 Å². The molecule has 6 heteroatoms. The van der Waals surface area contributed by atoms with E-state index >= 15 is 0 Å². The van der Waals surface area contributed by atoms with Crippen molar-refractivity contribution in [1.82, 2.24) is 5.32 Å². The number of aliphatic carboxylic acids is 1. The average molecular weight is 293 g/mol. The van der Waals surface area contributed by atoms with Crippen LogP contribution in [0, 0.1) is 5.41 Å². The van der Waals surface area contributed by atoms with Gasteiger partial charge in [-0.15, -0.1) is 0 Å². The van der Waals surface area contributed by atoms with Crippen LogP contribution in [0.1, 0.15) is 22.8 Å². The molecule has 1 amide bonds. The fraction of sp³-hybridized carbons (Fsp3) is 0.467. The lowest BCUT2D eigenvalue weighted by Crippen LogP contribution is -2.49. The van der Waals surface area contributed by atoms with Crippen molar-refractivity contribution in [3.8, 4) is 0 Å². The maximum absolute atomic E-state index is 12.3. The van der Waals surface area contributed by atoms with E-state index in [1.165, 1.54) is 0 Å². The van der Waals surface area contributed by atoms with Crippen molar-refractivity contribution in [1.29, 1.82) is 0 Å². The van der Waals surface area contributed by atoms with E-state index in [0.29, 0.717) is 12.2 Å². The molecule has 1 saturated heterocycles. The van der Waals surface area contributed by atoms with Crippen LogP contribution in [0.25, 0.3) is 0 Å². The lowest BCUT2D eigenvalue weighted by molar-refractivity contribution is -0.148. The van der Waals surface area contributed by atoms with E-state index in [-0.39, 0.29) is 19.1 Å². The monoisotopic (exact) mass is 293 g/mol. The normalized spacial score (nSPS) is 24.8. The molecule has 1 aromatic carbocycles. The summed E-state index contributed by atoms with van der Waals surface area (Å²) in [4.78, 5) is 23.6. The molecular formula is C15H19NO5. The highest BCUT2D eigenvalue weighted by Gasteiger charge is 2.47. The van der Waals surface area contributed by atoms with Gasteiger partial charge in [0, 0.05) is 12.7 Å². The van der Waals surface area contributed by atoms with Gasteiger partial charge in [0.1, 0.15) is 5.41 Å². The van der Waals surface area contributed by atoms with Gasteiger partial charge in [0.25, 0.3) is 5.91 Å². The Kier molecular flexibility index (Phi) is 4.59. The Balaban J connectivity index is 2.11. The van der Waals surface area contributed by atoms with Crippen LogP contribution < -0.4 is 5.32 Å². The summed E-state index contributed by atoms with van der Waals surface area (Å²) in [5.74, 6) is -1.28. The quantitative estimate of drug-likeness (QED) is 0.847. The number of methoxy groups -OCH3 is 1. The smallest absolute Gasteiger partial charge is 0.313 e. The van der Waals surface area contributed by atoms with E-state index in [9.17, 15) is 14.7 Å². The molecule has 1 aliphatic heterocycles. The molecule has 0 aliphatic carbocycles. The van der Waals surface area contributed by atoms with Crippen molar-refractivity contribution in [2.45, 2.75) is 19.6 Å². The minimum atomic E-state index is -1.10. The molecule has 1 aliphatic rings. The van der Waals surface area contributed by atoms with Gasteiger partial charge in [0.2, 0.25) is 0 Å².